The maximum absolute atomic E-state index is 12.3. The second-order valence-electron chi connectivity index (χ2n) is 7.53. The van der Waals surface area contributed by atoms with Gasteiger partial charge in [0, 0.05) is 10.0 Å². The summed E-state index contributed by atoms with van der Waals surface area (Å²) in [6.07, 6.45) is 2.43. The van der Waals surface area contributed by atoms with Crippen LogP contribution in [0.25, 0.3) is 0 Å². The summed E-state index contributed by atoms with van der Waals surface area (Å²) in [5, 5.41) is 4.40. The van der Waals surface area contributed by atoms with Crippen LogP contribution in [0.15, 0.2) is 71.8 Å². The van der Waals surface area contributed by atoms with E-state index < -0.39 is 22.5 Å². The molecule has 0 saturated carbocycles. The van der Waals surface area contributed by atoms with Crippen molar-refractivity contribution in [2.75, 3.05) is 17.1 Å². The van der Waals surface area contributed by atoms with Crippen molar-refractivity contribution in [1.82, 2.24) is 5.43 Å². The van der Waals surface area contributed by atoms with Crippen LogP contribution in [0.3, 0.4) is 0 Å². The van der Waals surface area contributed by atoms with Crippen molar-refractivity contribution >= 4 is 51.0 Å². The molecule has 0 unspecified atom stereocenters. The van der Waals surface area contributed by atoms with E-state index in [1.54, 1.807) is 24.3 Å². The fraction of sp³-hybridized carbons (Fsp3) is 0.167. The first-order chi connectivity index (χ1) is 16.1. The third-order valence-electron chi connectivity index (χ3n) is 4.63. The number of aryl methyl sites for hydroxylation is 1. The van der Waals surface area contributed by atoms with Crippen LogP contribution in [-0.4, -0.2) is 33.3 Å². The molecule has 0 heterocycles. The maximum Gasteiger partial charge on any atom is 0.260 e. The van der Waals surface area contributed by atoms with Crippen LogP contribution in [0.5, 0.6) is 5.75 Å². The minimum atomic E-state index is -3.77. The fourth-order valence-electron chi connectivity index (χ4n) is 2.93. The first-order valence-electron chi connectivity index (χ1n) is 10.1. The molecule has 0 aliphatic rings. The molecule has 0 aliphatic carbocycles. The van der Waals surface area contributed by atoms with Gasteiger partial charge in [-0.2, -0.15) is 5.10 Å². The number of halogens is 2. The normalized spacial score (nSPS) is 11.4. The van der Waals surface area contributed by atoms with E-state index in [0.717, 1.165) is 21.7 Å². The monoisotopic (exact) mass is 519 g/mol. The van der Waals surface area contributed by atoms with E-state index in [9.17, 15) is 13.2 Å². The molecule has 0 fully saturated rings. The van der Waals surface area contributed by atoms with Crippen LogP contribution < -0.4 is 14.5 Å². The summed E-state index contributed by atoms with van der Waals surface area (Å²) in [7, 11) is -3.77. The zero-order valence-corrected chi connectivity index (χ0v) is 20.9. The van der Waals surface area contributed by atoms with E-state index in [0.29, 0.717) is 12.4 Å². The molecular formula is C24H23Cl2N3O4S. The predicted molar refractivity (Wildman–Crippen MR) is 136 cm³/mol. The Kier molecular flexibility index (Phi) is 8.55. The van der Waals surface area contributed by atoms with Gasteiger partial charge in [0.2, 0.25) is 10.0 Å². The molecule has 0 bridgehead atoms. The van der Waals surface area contributed by atoms with E-state index in [1.165, 1.54) is 30.0 Å². The van der Waals surface area contributed by atoms with Crippen LogP contribution in [0.2, 0.25) is 10.0 Å². The first kappa shape index (κ1) is 25.6. The lowest BCUT2D eigenvalue weighted by Gasteiger charge is -2.21. The Bertz CT molecular complexity index is 1260. The summed E-state index contributed by atoms with van der Waals surface area (Å²) in [5.41, 5.74) is 5.50. The van der Waals surface area contributed by atoms with Crippen LogP contribution in [0.4, 0.5) is 5.69 Å². The lowest BCUT2D eigenvalue weighted by Crippen LogP contribution is -2.39. The quantitative estimate of drug-likeness (QED) is 0.325. The summed E-state index contributed by atoms with van der Waals surface area (Å²) in [4.78, 5) is 12.3. The molecule has 0 aromatic heterocycles. The van der Waals surface area contributed by atoms with Gasteiger partial charge in [-0.1, -0.05) is 53.0 Å². The first-order valence-corrected chi connectivity index (χ1v) is 12.7. The molecule has 0 atom stereocenters. The van der Waals surface area contributed by atoms with Crippen molar-refractivity contribution in [2.24, 2.45) is 5.10 Å². The lowest BCUT2D eigenvalue weighted by molar-refractivity contribution is -0.119. The summed E-state index contributed by atoms with van der Waals surface area (Å²) in [6, 6.07) is 19.6. The molecule has 7 nitrogen and oxygen atoms in total. The number of benzene rings is 3. The van der Waals surface area contributed by atoms with Crippen LogP contribution >= 0.6 is 23.2 Å². The third kappa shape index (κ3) is 7.76. The van der Waals surface area contributed by atoms with Gasteiger partial charge >= 0.3 is 0 Å². The SMILES string of the molecule is Cc1ccc(COc2ccc(/C=N\NC(=O)CN(c3cc(Cl)cc(Cl)c3)S(C)(=O)=O)cc2)cc1. The van der Waals surface area contributed by atoms with Gasteiger partial charge in [-0.15, -0.1) is 0 Å². The topological polar surface area (TPSA) is 88.1 Å². The fourth-order valence-corrected chi connectivity index (χ4v) is 4.28. The largest absolute Gasteiger partial charge is 0.489 e. The smallest absolute Gasteiger partial charge is 0.260 e. The number of amides is 1. The highest BCUT2D eigenvalue weighted by Crippen LogP contribution is 2.26. The average molecular weight is 520 g/mol. The molecule has 10 heteroatoms. The Morgan fingerprint density at radius 2 is 1.65 bits per heavy atom. The van der Waals surface area contributed by atoms with E-state index in [1.807, 2.05) is 31.2 Å². The van der Waals surface area contributed by atoms with Crippen molar-refractivity contribution in [3.63, 3.8) is 0 Å². The number of nitrogens with one attached hydrogen (secondary N) is 1. The van der Waals surface area contributed by atoms with Crippen molar-refractivity contribution in [3.05, 3.63) is 93.5 Å². The summed E-state index contributed by atoms with van der Waals surface area (Å²) in [5.74, 6) is 0.0709. The number of rotatable bonds is 9. The standard InChI is InChI=1S/C24H23Cl2N3O4S/c1-17-3-5-19(6-4-17)16-33-23-9-7-18(8-10-23)14-27-28-24(30)15-29(34(2,31)32)22-12-20(25)11-21(26)13-22/h3-14H,15-16H2,1-2H3,(H,28,30)/b27-14-. The van der Waals surface area contributed by atoms with E-state index in [-0.39, 0.29) is 15.7 Å². The maximum atomic E-state index is 12.3. The van der Waals surface area contributed by atoms with Gasteiger partial charge in [-0.3, -0.25) is 9.10 Å². The van der Waals surface area contributed by atoms with Crippen molar-refractivity contribution < 1.29 is 17.9 Å². The summed E-state index contributed by atoms with van der Waals surface area (Å²) < 4.78 is 31.0. The van der Waals surface area contributed by atoms with Crippen LogP contribution in [0, 0.1) is 6.92 Å². The molecule has 3 aromatic rings. The zero-order chi connectivity index (χ0) is 24.7. The van der Waals surface area contributed by atoms with Gasteiger partial charge in [0.15, 0.2) is 0 Å². The van der Waals surface area contributed by atoms with Gasteiger partial charge in [0.1, 0.15) is 18.9 Å². The van der Waals surface area contributed by atoms with Crippen LogP contribution in [0.1, 0.15) is 16.7 Å². The van der Waals surface area contributed by atoms with E-state index in [2.05, 4.69) is 10.5 Å². The van der Waals surface area contributed by atoms with Gasteiger partial charge in [-0.25, -0.2) is 13.8 Å². The molecule has 178 valence electrons. The van der Waals surface area contributed by atoms with E-state index in [4.69, 9.17) is 27.9 Å². The molecule has 0 spiro atoms. The van der Waals surface area contributed by atoms with Gasteiger partial charge in [0.05, 0.1) is 18.2 Å². The average Bonchev–Trinajstić information content (AvgIpc) is 2.76. The Hall–Kier alpha value is -3.07. The molecule has 3 rings (SSSR count). The molecular weight excluding hydrogens is 497 g/mol. The molecule has 3 aromatic carbocycles. The number of hydrazone groups is 1. The van der Waals surface area contributed by atoms with Crippen molar-refractivity contribution in [3.8, 4) is 5.75 Å². The van der Waals surface area contributed by atoms with Gasteiger partial charge in [-0.05, 0) is 60.5 Å². The highest BCUT2D eigenvalue weighted by atomic mass is 35.5. The second kappa shape index (κ2) is 11.4. The molecule has 0 aliphatic heterocycles. The van der Waals surface area contributed by atoms with Gasteiger partial charge in [0.25, 0.3) is 5.91 Å². The van der Waals surface area contributed by atoms with E-state index >= 15 is 0 Å². The highest BCUT2D eigenvalue weighted by Gasteiger charge is 2.21. The van der Waals surface area contributed by atoms with Crippen molar-refractivity contribution in [2.45, 2.75) is 13.5 Å². The summed E-state index contributed by atoms with van der Waals surface area (Å²) >= 11 is 11.9. The number of anilines is 1. The number of ether oxygens (including phenoxy) is 1. The third-order valence-corrected chi connectivity index (χ3v) is 6.21. The highest BCUT2D eigenvalue weighted by molar-refractivity contribution is 7.92. The minimum Gasteiger partial charge on any atom is -0.489 e. The predicted octanol–water partition coefficient (Wildman–Crippen LogP) is 4.80. The molecule has 0 radical (unpaired) electrons. The molecule has 34 heavy (non-hydrogen) atoms. The Labute approximate surface area is 209 Å². The zero-order valence-electron chi connectivity index (χ0n) is 18.5. The Morgan fingerprint density at radius 3 is 2.24 bits per heavy atom. The number of sulfonamides is 1. The molecule has 1 amide bonds. The van der Waals surface area contributed by atoms with Gasteiger partial charge < -0.3 is 4.74 Å². The lowest BCUT2D eigenvalue weighted by atomic mass is 10.2. The number of hydrogen-bond acceptors (Lipinski definition) is 5. The molecule has 0 saturated heterocycles. The van der Waals surface area contributed by atoms with Crippen molar-refractivity contribution in [1.29, 1.82) is 0 Å². The number of hydrogen-bond donors (Lipinski definition) is 1. The number of carbonyl (C=O) groups is 1. The number of carbonyl (C=O) groups excluding carboxylic acids is 1. The number of nitrogens with zero attached hydrogens (tertiary/aromatic N) is 2. The molecule has 1 N–H and O–H groups in total. The Morgan fingerprint density at radius 1 is 1.03 bits per heavy atom. The van der Waals surface area contributed by atoms with Crippen LogP contribution in [-0.2, 0) is 21.4 Å². The minimum absolute atomic E-state index is 0.181. The summed E-state index contributed by atoms with van der Waals surface area (Å²) in [6.45, 7) is 2.00. The Balaban J connectivity index is 1.56. The second-order valence-corrected chi connectivity index (χ2v) is 10.3.